The van der Waals surface area contributed by atoms with E-state index in [0.717, 1.165) is 71.9 Å². The van der Waals surface area contributed by atoms with Crippen LogP contribution in [0.5, 0.6) is 0 Å². The minimum absolute atomic E-state index is 0.0518. The van der Waals surface area contributed by atoms with Gasteiger partial charge < -0.3 is 10.2 Å². The Morgan fingerprint density at radius 3 is 2.79 bits per heavy atom. The second kappa shape index (κ2) is 10.6. The molecule has 3 aromatic rings. The quantitative estimate of drug-likeness (QED) is 0.461. The number of nitrogens with one attached hydrogen (secondary N) is 1. The lowest BCUT2D eigenvalue weighted by atomic mass is 9.92. The van der Waals surface area contributed by atoms with Crippen LogP contribution in [0.2, 0.25) is 0 Å². The van der Waals surface area contributed by atoms with Gasteiger partial charge in [0.25, 0.3) is 0 Å². The summed E-state index contributed by atoms with van der Waals surface area (Å²) in [5.41, 5.74) is 3.90. The molecule has 1 aliphatic heterocycles. The zero-order chi connectivity index (χ0) is 23.2. The van der Waals surface area contributed by atoms with E-state index >= 15 is 0 Å². The summed E-state index contributed by atoms with van der Waals surface area (Å²) in [6.45, 7) is 4.93. The number of benzene rings is 2. The number of piperidine rings is 1. The molecule has 1 saturated heterocycles. The lowest BCUT2D eigenvalue weighted by molar-refractivity contribution is -0.120. The monoisotopic (exact) mass is 443 g/mol. The number of unbranched alkanes of at least 4 members (excludes halogenated alkanes) is 1. The summed E-state index contributed by atoms with van der Waals surface area (Å²) in [6, 6.07) is 14.2. The summed E-state index contributed by atoms with van der Waals surface area (Å²) in [5.74, 6) is 0.144. The number of aromatic nitrogens is 1. The molecule has 1 aliphatic rings. The largest absolute Gasteiger partial charge is 0.326 e. The molecular formula is C28H33N3O2. The van der Waals surface area contributed by atoms with Gasteiger partial charge in [0.05, 0.1) is 0 Å². The predicted octanol–water partition coefficient (Wildman–Crippen LogP) is 6.05. The van der Waals surface area contributed by atoms with Crippen LogP contribution < -0.4 is 10.2 Å². The fourth-order valence-corrected chi connectivity index (χ4v) is 4.66. The highest BCUT2D eigenvalue weighted by atomic mass is 16.2. The van der Waals surface area contributed by atoms with E-state index in [1.165, 1.54) is 0 Å². The van der Waals surface area contributed by atoms with Gasteiger partial charge in [-0.05, 0) is 79.5 Å². The molecule has 1 fully saturated rings. The van der Waals surface area contributed by atoms with E-state index in [2.05, 4.69) is 35.4 Å². The number of rotatable bonds is 8. The lowest BCUT2D eigenvalue weighted by Crippen LogP contribution is -2.35. The average Bonchev–Trinajstić information content (AvgIpc) is 2.82. The molecule has 0 saturated carbocycles. The summed E-state index contributed by atoms with van der Waals surface area (Å²) in [7, 11) is 0. The van der Waals surface area contributed by atoms with Crippen molar-refractivity contribution in [1.29, 1.82) is 0 Å². The summed E-state index contributed by atoms with van der Waals surface area (Å²) in [5, 5.41) is 5.39. The number of carbonyl (C=O) groups is 2. The number of aryl methyl sites for hydroxylation is 1. The third kappa shape index (κ3) is 5.59. The van der Waals surface area contributed by atoms with Crippen molar-refractivity contribution in [1.82, 2.24) is 4.98 Å². The Hall–Kier alpha value is -3.21. The predicted molar refractivity (Wildman–Crippen MR) is 134 cm³/mol. The van der Waals surface area contributed by atoms with E-state index in [1.54, 1.807) is 6.20 Å². The maximum absolute atomic E-state index is 13.2. The van der Waals surface area contributed by atoms with Gasteiger partial charge in [-0.15, -0.1) is 0 Å². The first-order valence-corrected chi connectivity index (χ1v) is 12.1. The smallest absolute Gasteiger partial charge is 0.227 e. The number of amides is 2. The van der Waals surface area contributed by atoms with Crippen LogP contribution in [0.4, 0.5) is 11.4 Å². The number of fused-ring (bicyclic) bond motifs is 1. The summed E-state index contributed by atoms with van der Waals surface area (Å²) in [6.07, 6.45) is 9.92. The number of anilines is 2. The molecule has 2 amide bonds. The fourth-order valence-electron chi connectivity index (χ4n) is 4.66. The Morgan fingerprint density at radius 2 is 2.00 bits per heavy atom. The Kier molecular flexibility index (Phi) is 7.38. The van der Waals surface area contributed by atoms with E-state index < -0.39 is 0 Å². The average molecular weight is 444 g/mol. The molecule has 0 radical (unpaired) electrons. The van der Waals surface area contributed by atoms with Gasteiger partial charge >= 0.3 is 0 Å². The second-order valence-corrected chi connectivity index (χ2v) is 9.09. The summed E-state index contributed by atoms with van der Waals surface area (Å²) in [4.78, 5) is 31.7. The molecule has 2 heterocycles. The Bertz CT molecular complexity index is 1140. The maximum atomic E-state index is 13.2. The molecule has 1 atom stereocenters. The van der Waals surface area contributed by atoms with Crippen LogP contribution in [0.25, 0.3) is 10.8 Å². The Morgan fingerprint density at radius 1 is 1.12 bits per heavy atom. The van der Waals surface area contributed by atoms with Gasteiger partial charge in [0, 0.05) is 48.0 Å². The number of nitrogens with zero attached hydrogens (tertiary/aromatic N) is 2. The molecule has 1 N–H and O–H groups in total. The molecule has 5 nitrogen and oxygen atoms in total. The van der Waals surface area contributed by atoms with Crippen LogP contribution >= 0.6 is 0 Å². The molecule has 0 spiro atoms. The van der Waals surface area contributed by atoms with Crippen molar-refractivity contribution >= 4 is 34.0 Å². The van der Waals surface area contributed by atoms with Crippen molar-refractivity contribution in [3.05, 3.63) is 66.0 Å². The van der Waals surface area contributed by atoms with Gasteiger partial charge in [0.15, 0.2) is 0 Å². The highest BCUT2D eigenvalue weighted by molar-refractivity contribution is 5.96. The van der Waals surface area contributed by atoms with E-state index in [0.29, 0.717) is 12.8 Å². The molecule has 1 unspecified atom stereocenters. The van der Waals surface area contributed by atoms with Crippen molar-refractivity contribution in [3.8, 4) is 0 Å². The molecule has 1 aromatic heterocycles. The van der Waals surface area contributed by atoms with Crippen LogP contribution in [0.1, 0.15) is 56.6 Å². The molecule has 2 aromatic carbocycles. The van der Waals surface area contributed by atoms with E-state index in [-0.39, 0.29) is 17.7 Å². The Balaban J connectivity index is 1.48. The molecule has 4 rings (SSSR count). The van der Waals surface area contributed by atoms with Gasteiger partial charge in [-0.2, -0.15) is 0 Å². The van der Waals surface area contributed by atoms with Crippen molar-refractivity contribution in [2.45, 2.75) is 58.8 Å². The zero-order valence-electron chi connectivity index (χ0n) is 19.6. The maximum Gasteiger partial charge on any atom is 0.227 e. The summed E-state index contributed by atoms with van der Waals surface area (Å²) < 4.78 is 0. The van der Waals surface area contributed by atoms with E-state index in [9.17, 15) is 9.59 Å². The first kappa shape index (κ1) is 23.0. The minimum atomic E-state index is -0.0947. The van der Waals surface area contributed by atoms with Crippen LogP contribution in [0.15, 0.2) is 54.9 Å². The van der Waals surface area contributed by atoms with Crippen LogP contribution in [0.3, 0.4) is 0 Å². The lowest BCUT2D eigenvalue weighted by Gasteiger charge is -2.28. The van der Waals surface area contributed by atoms with Gasteiger partial charge in [0.1, 0.15) is 0 Å². The van der Waals surface area contributed by atoms with Gasteiger partial charge in [-0.25, -0.2) is 0 Å². The molecule has 5 heteroatoms. The van der Waals surface area contributed by atoms with Crippen molar-refractivity contribution in [2.75, 3.05) is 16.8 Å². The molecule has 0 aliphatic carbocycles. The third-order valence-corrected chi connectivity index (χ3v) is 6.54. The van der Waals surface area contributed by atoms with Crippen LogP contribution in [-0.4, -0.2) is 23.3 Å². The van der Waals surface area contributed by atoms with Crippen molar-refractivity contribution in [2.24, 2.45) is 5.92 Å². The first-order chi connectivity index (χ1) is 16.0. The Labute approximate surface area is 196 Å². The SMILES string of the molecule is CCCCC(Cc1ccc2ccncc2c1)C(=O)Nc1ccc(N2CCCCC2=O)c(C)c1. The molecule has 172 valence electrons. The van der Waals surface area contributed by atoms with Crippen LogP contribution in [-0.2, 0) is 16.0 Å². The molecule has 33 heavy (non-hydrogen) atoms. The molecule has 0 bridgehead atoms. The van der Waals surface area contributed by atoms with E-state index in [1.807, 2.05) is 42.3 Å². The third-order valence-electron chi connectivity index (χ3n) is 6.54. The fraction of sp³-hybridized carbons (Fsp3) is 0.393. The number of hydrogen-bond acceptors (Lipinski definition) is 3. The highest BCUT2D eigenvalue weighted by Crippen LogP contribution is 2.28. The first-order valence-electron chi connectivity index (χ1n) is 12.1. The van der Waals surface area contributed by atoms with Gasteiger partial charge in [-0.1, -0.05) is 31.9 Å². The minimum Gasteiger partial charge on any atom is -0.326 e. The normalized spacial score (nSPS) is 15.0. The van der Waals surface area contributed by atoms with Crippen molar-refractivity contribution in [3.63, 3.8) is 0 Å². The van der Waals surface area contributed by atoms with Crippen LogP contribution in [0, 0.1) is 12.8 Å². The standard InChI is InChI=1S/C28H33N3O2/c1-3-4-7-23(17-21-9-10-22-13-14-29-19-24(22)18-21)28(33)30-25-11-12-26(20(2)16-25)31-15-6-5-8-27(31)32/h9-14,16,18-19,23H,3-8,15,17H2,1-2H3,(H,30,33). The van der Waals surface area contributed by atoms with E-state index in [4.69, 9.17) is 0 Å². The topological polar surface area (TPSA) is 62.3 Å². The van der Waals surface area contributed by atoms with Crippen molar-refractivity contribution < 1.29 is 9.59 Å². The number of carbonyl (C=O) groups excluding carboxylic acids is 2. The number of hydrogen-bond donors (Lipinski definition) is 1. The van der Waals surface area contributed by atoms with Gasteiger partial charge in [-0.3, -0.25) is 14.6 Å². The van der Waals surface area contributed by atoms with Gasteiger partial charge in [0.2, 0.25) is 11.8 Å². The zero-order valence-corrected chi connectivity index (χ0v) is 19.6. The molecular weight excluding hydrogens is 410 g/mol. The highest BCUT2D eigenvalue weighted by Gasteiger charge is 2.22. The second-order valence-electron chi connectivity index (χ2n) is 9.09. The number of pyridine rings is 1. The summed E-state index contributed by atoms with van der Waals surface area (Å²) >= 11 is 0.